The van der Waals surface area contributed by atoms with Crippen molar-refractivity contribution < 1.29 is 9.90 Å². The number of carbonyl (C=O) groups is 1. The van der Waals surface area contributed by atoms with Crippen LogP contribution in [0.15, 0.2) is 0 Å². The van der Waals surface area contributed by atoms with E-state index < -0.39 is 0 Å². The van der Waals surface area contributed by atoms with Gasteiger partial charge in [-0.2, -0.15) is 0 Å². The molecule has 0 radical (unpaired) electrons. The van der Waals surface area contributed by atoms with Crippen LogP contribution in [0.2, 0.25) is 0 Å². The maximum Gasteiger partial charge on any atom is 0.222 e. The van der Waals surface area contributed by atoms with Crippen LogP contribution in [-0.2, 0) is 4.79 Å². The van der Waals surface area contributed by atoms with Gasteiger partial charge in [0.2, 0.25) is 5.91 Å². The summed E-state index contributed by atoms with van der Waals surface area (Å²) in [7, 11) is 3.57. The first-order chi connectivity index (χ1) is 8.09. The average Bonchev–Trinajstić information content (AvgIpc) is 2.77. The van der Waals surface area contributed by atoms with Crippen LogP contribution in [-0.4, -0.2) is 49.7 Å². The first-order valence-electron chi connectivity index (χ1n) is 6.61. The first-order valence-corrected chi connectivity index (χ1v) is 6.61. The molecular weight excluding hydrogens is 216 g/mol. The fourth-order valence-corrected chi connectivity index (χ4v) is 2.46. The van der Waals surface area contributed by atoms with Gasteiger partial charge in [0.05, 0.1) is 0 Å². The van der Waals surface area contributed by atoms with Crippen LogP contribution in [0.1, 0.15) is 38.5 Å². The normalized spacial score (nSPS) is 18.3. The Morgan fingerprint density at radius 1 is 1.35 bits per heavy atom. The number of rotatable bonds is 7. The number of aliphatic hydroxyl groups excluding tert-OH is 1. The predicted molar refractivity (Wildman–Crippen MR) is 68.8 cm³/mol. The summed E-state index contributed by atoms with van der Waals surface area (Å²) in [4.78, 5) is 13.0. The minimum atomic E-state index is 0.117. The molecule has 17 heavy (non-hydrogen) atoms. The Morgan fingerprint density at radius 3 is 2.53 bits per heavy atom. The lowest BCUT2D eigenvalue weighted by Gasteiger charge is -2.26. The predicted octanol–water partition coefficient (Wildman–Crippen LogP) is 0.997. The molecule has 0 aromatic heterocycles. The number of hydrogen-bond acceptors (Lipinski definition) is 3. The molecular formula is C13H26N2O2. The number of carbonyl (C=O) groups excluding carboxylic acids is 1. The molecule has 4 heteroatoms. The van der Waals surface area contributed by atoms with Crippen molar-refractivity contribution in [2.75, 3.05) is 33.8 Å². The first kappa shape index (κ1) is 14.5. The minimum Gasteiger partial charge on any atom is -0.396 e. The van der Waals surface area contributed by atoms with Crippen LogP contribution in [0.4, 0.5) is 0 Å². The summed E-state index contributed by atoms with van der Waals surface area (Å²) in [5.74, 6) is 0.185. The number of hydrogen-bond donors (Lipinski definition) is 2. The summed E-state index contributed by atoms with van der Waals surface area (Å²) in [5.41, 5.74) is 0.117. The summed E-state index contributed by atoms with van der Waals surface area (Å²) in [5, 5.41) is 12.8. The van der Waals surface area contributed by atoms with Gasteiger partial charge in [0.25, 0.3) is 0 Å². The fraction of sp³-hybridized carbons (Fsp3) is 0.923. The number of nitrogens with one attached hydrogen (secondary N) is 1. The molecule has 0 aromatic rings. The fourth-order valence-electron chi connectivity index (χ4n) is 2.46. The molecule has 0 unspecified atom stereocenters. The third kappa shape index (κ3) is 4.64. The highest BCUT2D eigenvalue weighted by atomic mass is 16.3. The summed E-state index contributed by atoms with van der Waals surface area (Å²) < 4.78 is 0. The molecule has 0 aliphatic heterocycles. The zero-order valence-corrected chi connectivity index (χ0v) is 11.2. The second kappa shape index (κ2) is 6.97. The zero-order valence-electron chi connectivity index (χ0n) is 11.2. The van der Waals surface area contributed by atoms with Crippen LogP contribution in [0, 0.1) is 5.41 Å². The van der Waals surface area contributed by atoms with E-state index >= 15 is 0 Å². The molecule has 0 saturated heterocycles. The van der Waals surface area contributed by atoms with Crippen molar-refractivity contribution in [3.8, 4) is 0 Å². The van der Waals surface area contributed by atoms with E-state index in [9.17, 15) is 9.90 Å². The minimum absolute atomic E-state index is 0.117. The average molecular weight is 242 g/mol. The maximum atomic E-state index is 11.3. The van der Waals surface area contributed by atoms with Crippen LogP contribution >= 0.6 is 0 Å². The molecule has 1 saturated carbocycles. The van der Waals surface area contributed by atoms with Gasteiger partial charge in [-0.15, -0.1) is 0 Å². The highest BCUT2D eigenvalue weighted by Crippen LogP contribution is 2.36. The lowest BCUT2D eigenvalue weighted by molar-refractivity contribution is -0.128. The van der Waals surface area contributed by atoms with Gasteiger partial charge >= 0.3 is 0 Å². The van der Waals surface area contributed by atoms with Crippen molar-refractivity contribution in [1.29, 1.82) is 0 Å². The van der Waals surface area contributed by atoms with Crippen LogP contribution in [0.3, 0.4) is 0 Å². The van der Waals surface area contributed by atoms with E-state index in [4.69, 9.17) is 0 Å². The Labute approximate surface area is 104 Å². The summed E-state index contributed by atoms with van der Waals surface area (Å²) in [6.45, 7) is 2.04. The second-order valence-corrected chi connectivity index (χ2v) is 5.43. The Kier molecular flexibility index (Phi) is 5.92. The summed E-state index contributed by atoms with van der Waals surface area (Å²) in [6, 6.07) is 0. The summed E-state index contributed by atoms with van der Waals surface area (Å²) >= 11 is 0. The largest absolute Gasteiger partial charge is 0.396 e. The molecule has 0 aromatic carbocycles. The smallest absolute Gasteiger partial charge is 0.222 e. The SMILES string of the molecule is CN(C)C(=O)CCCNCC1(CO)CCCC1. The van der Waals surface area contributed by atoms with Crippen molar-refractivity contribution >= 4 is 5.91 Å². The van der Waals surface area contributed by atoms with Crippen molar-refractivity contribution in [1.82, 2.24) is 10.2 Å². The van der Waals surface area contributed by atoms with E-state index in [-0.39, 0.29) is 17.9 Å². The monoisotopic (exact) mass is 242 g/mol. The number of amides is 1. The molecule has 1 aliphatic rings. The lowest BCUT2D eigenvalue weighted by Crippen LogP contribution is -2.35. The van der Waals surface area contributed by atoms with E-state index in [1.165, 1.54) is 12.8 Å². The van der Waals surface area contributed by atoms with Gasteiger partial charge in [-0.25, -0.2) is 0 Å². The van der Waals surface area contributed by atoms with E-state index in [1.54, 1.807) is 19.0 Å². The second-order valence-electron chi connectivity index (χ2n) is 5.43. The highest BCUT2D eigenvalue weighted by Gasteiger charge is 2.32. The Hall–Kier alpha value is -0.610. The molecule has 1 fully saturated rings. The van der Waals surface area contributed by atoms with Gasteiger partial charge in [-0.1, -0.05) is 12.8 Å². The topological polar surface area (TPSA) is 52.6 Å². The maximum absolute atomic E-state index is 11.3. The standard InChI is InChI=1S/C13H26N2O2/c1-15(2)12(17)6-5-9-14-10-13(11-16)7-3-4-8-13/h14,16H,3-11H2,1-2H3. The van der Waals surface area contributed by atoms with Crippen molar-refractivity contribution in [3.05, 3.63) is 0 Å². The van der Waals surface area contributed by atoms with Crippen LogP contribution < -0.4 is 5.32 Å². The van der Waals surface area contributed by atoms with Gasteiger partial charge < -0.3 is 15.3 Å². The van der Waals surface area contributed by atoms with Crippen LogP contribution in [0.5, 0.6) is 0 Å². The molecule has 1 aliphatic carbocycles. The molecule has 0 bridgehead atoms. The number of aliphatic hydroxyl groups is 1. The Morgan fingerprint density at radius 2 is 2.00 bits per heavy atom. The molecule has 1 amide bonds. The molecule has 0 spiro atoms. The Bertz CT molecular complexity index is 236. The third-order valence-corrected chi connectivity index (χ3v) is 3.74. The van der Waals surface area contributed by atoms with E-state index in [0.717, 1.165) is 32.4 Å². The van der Waals surface area contributed by atoms with Gasteiger partial charge in [0.1, 0.15) is 0 Å². The molecule has 0 atom stereocenters. The van der Waals surface area contributed by atoms with E-state index in [0.29, 0.717) is 6.42 Å². The molecule has 0 heterocycles. The van der Waals surface area contributed by atoms with Gasteiger partial charge in [-0.3, -0.25) is 4.79 Å². The van der Waals surface area contributed by atoms with Crippen molar-refractivity contribution in [2.45, 2.75) is 38.5 Å². The lowest BCUT2D eigenvalue weighted by atomic mass is 9.87. The quantitative estimate of drug-likeness (QED) is 0.655. The molecule has 2 N–H and O–H groups in total. The summed E-state index contributed by atoms with van der Waals surface area (Å²) in [6.07, 6.45) is 6.22. The zero-order chi connectivity index (χ0) is 12.7. The van der Waals surface area contributed by atoms with E-state index in [1.807, 2.05) is 0 Å². The van der Waals surface area contributed by atoms with E-state index in [2.05, 4.69) is 5.32 Å². The van der Waals surface area contributed by atoms with Crippen LogP contribution in [0.25, 0.3) is 0 Å². The van der Waals surface area contributed by atoms with Crippen molar-refractivity contribution in [2.24, 2.45) is 5.41 Å². The van der Waals surface area contributed by atoms with Gasteiger partial charge in [0.15, 0.2) is 0 Å². The highest BCUT2D eigenvalue weighted by molar-refractivity contribution is 5.75. The molecule has 1 rings (SSSR count). The molecule has 100 valence electrons. The van der Waals surface area contributed by atoms with Gasteiger partial charge in [-0.05, 0) is 25.8 Å². The number of nitrogens with zero attached hydrogens (tertiary/aromatic N) is 1. The Balaban J connectivity index is 2.09. The molecule has 4 nitrogen and oxygen atoms in total. The third-order valence-electron chi connectivity index (χ3n) is 3.74. The van der Waals surface area contributed by atoms with Gasteiger partial charge in [0, 0.05) is 39.1 Å². The van der Waals surface area contributed by atoms with Crippen molar-refractivity contribution in [3.63, 3.8) is 0 Å².